The third kappa shape index (κ3) is 2.15. The predicted molar refractivity (Wildman–Crippen MR) is 108 cm³/mol. The summed E-state index contributed by atoms with van der Waals surface area (Å²) in [5, 5.41) is 3.77. The van der Waals surface area contributed by atoms with Crippen molar-refractivity contribution < 1.29 is 4.74 Å². The van der Waals surface area contributed by atoms with Crippen LogP contribution in [0.1, 0.15) is 23.6 Å². The zero-order chi connectivity index (χ0) is 17.7. The number of rotatable bonds is 2. The SMILES string of the molecule is CCc1c(C)cc2ccccc2c1-c1ccc2c3c(ccnc13)CCO2. The second kappa shape index (κ2) is 5.84. The van der Waals surface area contributed by atoms with Crippen molar-refractivity contribution in [2.45, 2.75) is 26.7 Å². The fourth-order valence-electron chi connectivity index (χ4n) is 4.40. The molecule has 0 spiro atoms. The molecule has 2 heteroatoms. The first-order chi connectivity index (χ1) is 12.8. The van der Waals surface area contributed by atoms with Crippen molar-refractivity contribution in [1.82, 2.24) is 4.98 Å². The van der Waals surface area contributed by atoms with Crippen LogP contribution in [0.4, 0.5) is 0 Å². The smallest absolute Gasteiger partial charge is 0.129 e. The van der Waals surface area contributed by atoms with E-state index in [4.69, 9.17) is 9.72 Å². The van der Waals surface area contributed by atoms with E-state index in [2.05, 4.69) is 62.4 Å². The van der Waals surface area contributed by atoms with Gasteiger partial charge in [-0.15, -0.1) is 0 Å². The van der Waals surface area contributed by atoms with Crippen molar-refractivity contribution in [2.75, 3.05) is 6.61 Å². The van der Waals surface area contributed by atoms with Crippen LogP contribution < -0.4 is 4.74 Å². The summed E-state index contributed by atoms with van der Waals surface area (Å²) in [6.07, 6.45) is 3.90. The molecule has 0 saturated heterocycles. The lowest BCUT2D eigenvalue weighted by Crippen LogP contribution is -2.09. The van der Waals surface area contributed by atoms with Crippen LogP contribution in [-0.2, 0) is 12.8 Å². The second-order valence-electron chi connectivity index (χ2n) is 7.03. The molecule has 0 fully saturated rings. The lowest BCUT2D eigenvalue weighted by Gasteiger charge is -2.21. The Kier molecular flexibility index (Phi) is 3.46. The van der Waals surface area contributed by atoms with Crippen molar-refractivity contribution in [3.05, 3.63) is 71.4 Å². The molecular formula is C24H21NO. The Labute approximate surface area is 153 Å². The minimum atomic E-state index is 0.749. The van der Waals surface area contributed by atoms with Gasteiger partial charge in [0.1, 0.15) is 5.75 Å². The van der Waals surface area contributed by atoms with Crippen molar-refractivity contribution in [1.29, 1.82) is 0 Å². The first kappa shape index (κ1) is 15.4. The standard InChI is InChI=1S/C24H21NO/c1-3-18-15(2)14-17-6-4-5-7-19(17)23(18)20-8-9-21-22-16(11-13-26-21)10-12-25-24(20)22/h4-10,12,14H,3,11,13H2,1-2H3. The second-order valence-corrected chi connectivity index (χ2v) is 7.03. The van der Waals surface area contributed by atoms with Crippen LogP contribution in [0.5, 0.6) is 5.75 Å². The highest BCUT2D eigenvalue weighted by molar-refractivity contribution is 6.07. The van der Waals surface area contributed by atoms with E-state index in [9.17, 15) is 0 Å². The molecule has 5 rings (SSSR count). The molecule has 2 nitrogen and oxygen atoms in total. The average molecular weight is 339 g/mol. The number of pyridine rings is 1. The molecular weight excluding hydrogens is 318 g/mol. The zero-order valence-electron chi connectivity index (χ0n) is 15.2. The monoisotopic (exact) mass is 339 g/mol. The molecule has 1 aliphatic heterocycles. The quantitative estimate of drug-likeness (QED) is 0.456. The molecule has 128 valence electrons. The number of fused-ring (bicyclic) bond motifs is 1. The van der Waals surface area contributed by atoms with Crippen LogP contribution >= 0.6 is 0 Å². The maximum absolute atomic E-state index is 5.91. The Bertz CT molecular complexity index is 1150. The molecule has 2 heterocycles. The van der Waals surface area contributed by atoms with E-state index in [1.807, 2.05) is 6.20 Å². The molecule has 1 aromatic heterocycles. The van der Waals surface area contributed by atoms with Gasteiger partial charge in [0, 0.05) is 23.6 Å². The number of benzene rings is 3. The number of aromatic nitrogens is 1. The molecule has 1 aliphatic rings. The van der Waals surface area contributed by atoms with Crippen molar-refractivity contribution in [3.63, 3.8) is 0 Å². The van der Waals surface area contributed by atoms with Crippen molar-refractivity contribution in [3.8, 4) is 16.9 Å². The van der Waals surface area contributed by atoms with E-state index in [0.29, 0.717) is 0 Å². The van der Waals surface area contributed by atoms with E-state index in [-0.39, 0.29) is 0 Å². The van der Waals surface area contributed by atoms with Crippen LogP contribution in [0.3, 0.4) is 0 Å². The van der Waals surface area contributed by atoms with Gasteiger partial charge in [-0.3, -0.25) is 4.98 Å². The minimum Gasteiger partial charge on any atom is -0.493 e. The lowest BCUT2D eigenvalue weighted by atomic mass is 9.87. The maximum Gasteiger partial charge on any atom is 0.129 e. The summed E-state index contributed by atoms with van der Waals surface area (Å²) in [5.74, 6) is 0.966. The normalized spacial score (nSPS) is 13.2. The van der Waals surface area contributed by atoms with Gasteiger partial charge >= 0.3 is 0 Å². The summed E-state index contributed by atoms with van der Waals surface area (Å²) in [5.41, 5.74) is 7.69. The fourth-order valence-corrected chi connectivity index (χ4v) is 4.40. The van der Waals surface area contributed by atoms with Gasteiger partial charge in [0.25, 0.3) is 0 Å². The molecule has 0 atom stereocenters. The maximum atomic E-state index is 5.91. The largest absolute Gasteiger partial charge is 0.493 e. The third-order valence-electron chi connectivity index (χ3n) is 5.57. The Balaban J connectivity index is 1.95. The summed E-state index contributed by atoms with van der Waals surface area (Å²) < 4.78 is 5.91. The first-order valence-corrected chi connectivity index (χ1v) is 9.33. The molecule has 0 amide bonds. The van der Waals surface area contributed by atoms with Crippen LogP contribution in [0.25, 0.3) is 32.8 Å². The van der Waals surface area contributed by atoms with Crippen LogP contribution in [-0.4, -0.2) is 11.6 Å². The first-order valence-electron chi connectivity index (χ1n) is 9.33. The fraction of sp³-hybridized carbons (Fsp3) is 0.208. The molecule has 0 N–H and O–H groups in total. The number of hydrogen-bond acceptors (Lipinski definition) is 2. The Morgan fingerprint density at radius 1 is 1.08 bits per heavy atom. The average Bonchev–Trinajstić information content (AvgIpc) is 2.68. The molecule has 0 saturated carbocycles. The van der Waals surface area contributed by atoms with E-state index < -0.39 is 0 Å². The number of nitrogens with zero attached hydrogens (tertiary/aromatic N) is 1. The highest BCUT2D eigenvalue weighted by Crippen LogP contribution is 2.42. The molecule has 4 aromatic rings. The number of hydrogen-bond donors (Lipinski definition) is 0. The molecule has 0 unspecified atom stereocenters. The number of ether oxygens (including phenoxy) is 1. The molecule has 0 radical (unpaired) electrons. The van der Waals surface area contributed by atoms with Gasteiger partial charge in [-0.2, -0.15) is 0 Å². The van der Waals surface area contributed by atoms with Crippen LogP contribution in [0.15, 0.2) is 54.7 Å². The minimum absolute atomic E-state index is 0.749. The summed E-state index contributed by atoms with van der Waals surface area (Å²) >= 11 is 0. The summed E-state index contributed by atoms with van der Waals surface area (Å²) in [6.45, 7) is 5.21. The molecule has 26 heavy (non-hydrogen) atoms. The van der Waals surface area contributed by atoms with Gasteiger partial charge < -0.3 is 4.74 Å². The Hall–Kier alpha value is -2.87. The van der Waals surface area contributed by atoms with Crippen molar-refractivity contribution in [2.24, 2.45) is 0 Å². The molecule has 0 bridgehead atoms. The predicted octanol–water partition coefficient (Wildman–Crippen LogP) is 5.86. The summed E-state index contributed by atoms with van der Waals surface area (Å²) in [4.78, 5) is 4.79. The van der Waals surface area contributed by atoms with Gasteiger partial charge in [0.05, 0.1) is 12.1 Å². The van der Waals surface area contributed by atoms with Crippen molar-refractivity contribution >= 4 is 21.7 Å². The summed E-state index contributed by atoms with van der Waals surface area (Å²) in [7, 11) is 0. The lowest BCUT2D eigenvalue weighted by molar-refractivity contribution is 0.318. The highest BCUT2D eigenvalue weighted by atomic mass is 16.5. The van der Waals surface area contributed by atoms with Crippen LogP contribution in [0.2, 0.25) is 0 Å². The zero-order valence-corrected chi connectivity index (χ0v) is 15.2. The number of aryl methyl sites for hydroxylation is 1. The van der Waals surface area contributed by atoms with Gasteiger partial charge in [-0.25, -0.2) is 0 Å². The van der Waals surface area contributed by atoms with E-state index in [1.165, 1.54) is 44.0 Å². The Morgan fingerprint density at radius 2 is 1.96 bits per heavy atom. The van der Waals surface area contributed by atoms with Gasteiger partial charge in [0.2, 0.25) is 0 Å². The third-order valence-corrected chi connectivity index (χ3v) is 5.57. The Morgan fingerprint density at radius 3 is 2.85 bits per heavy atom. The van der Waals surface area contributed by atoms with Gasteiger partial charge in [-0.05, 0) is 64.6 Å². The van der Waals surface area contributed by atoms with Crippen LogP contribution in [0, 0.1) is 6.92 Å². The van der Waals surface area contributed by atoms with E-state index >= 15 is 0 Å². The summed E-state index contributed by atoms with van der Waals surface area (Å²) in [6, 6.07) is 17.4. The molecule has 0 aliphatic carbocycles. The van der Waals surface area contributed by atoms with Gasteiger partial charge in [0.15, 0.2) is 0 Å². The van der Waals surface area contributed by atoms with E-state index in [1.54, 1.807) is 0 Å². The van der Waals surface area contributed by atoms with Gasteiger partial charge in [-0.1, -0.05) is 37.3 Å². The van der Waals surface area contributed by atoms with E-state index in [0.717, 1.165) is 30.7 Å². The highest BCUT2D eigenvalue weighted by Gasteiger charge is 2.20. The topological polar surface area (TPSA) is 22.1 Å². The molecule has 3 aromatic carbocycles.